The van der Waals surface area contributed by atoms with E-state index < -0.39 is 0 Å². The zero-order valence-electron chi connectivity index (χ0n) is 10.4. The van der Waals surface area contributed by atoms with E-state index in [1.54, 1.807) is 0 Å². The minimum absolute atomic E-state index is 0.295. The van der Waals surface area contributed by atoms with Crippen LogP contribution in [-0.4, -0.2) is 30.9 Å². The molecule has 2 aliphatic heterocycles. The van der Waals surface area contributed by atoms with Crippen molar-refractivity contribution in [3.63, 3.8) is 0 Å². The van der Waals surface area contributed by atoms with E-state index in [0.29, 0.717) is 18.1 Å². The highest BCUT2D eigenvalue weighted by molar-refractivity contribution is 5.10. The second-order valence-electron chi connectivity index (χ2n) is 5.02. The minimum atomic E-state index is 0.295. The van der Waals surface area contributed by atoms with Gasteiger partial charge in [-0.25, -0.2) is 10.9 Å². The molecule has 2 aliphatic rings. The lowest BCUT2D eigenvalue weighted by Gasteiger charge is -2.14. The molecule has 3 heterocycles. The van der Waals surface area contributed by atoms with Crippen molar-refractivity contribution in [3.8, 4) is 0 Å². The summed E-state index contributed by atoms with van der Waals surface area (Å²) in [5, 5.41) is 3.54. The van der Waals surface area contributed by atoms with Gasteiger partial charge in [0.2, 0.25) is 0 Å². The van der Waals surface area contributed by atoms with Crippen LogP contribution < -0.4 is 16.2 Å². The zero-order chi connectivity index (χ0) is 12.2. The molecular formula is C13H20N4O. The van der Waals surface area contributed by atoms with Crippen molar-refractivity contribution in [1.82, 2.24) is 21.2 Å². The molecule has 3 N–H and O–H groups in total. The van der Waals surface area contributed by atoms with Crippen LogP contribution in [0, 0.1) is 5.92 Å². The summed E-state index contributed by atoms with van der Waals surface area (Å²) in [5.41, 5.74) is 7.68. The number of hydrogen-bond acceptors (Lipinski definition) is 5. The van der Waals surface area contributed by atoms with Gasteiger partial charge >= 0.3 is 0 Å². The summed E-state index contributed by atoms with van der Waals surface area (Å²) in [6.45, 7) is 2.84. The summed E-state index contributed by atoms with van der Waals surface area (Å²) in [6.07, 6.45) is 4.35. The Labute approximate surface area is 107 Å². The molecule has 98 valence electrons. The molecule has 0 aromatic carbocycles. The quantitative estimate of drug-likeness (QED) is 0.727. The molecule has 0 bridgehead atoms. The van der Waals surface area contributed by atoms with Crippen LogP contribution in [0.1, 0.15) is 24.6 Å². The van der Waals surface area contributed by atoms with Crippen LogP contribution in [0.5, 0.6) is 0 Å². The molecule has 5 heteroatoms. The molecule has 0 spiro atoms. The van der Waals surface area contributed by atoms with Crippen LogP contribution in [0.4, 0.5) is 0 Å². The highest BCUT2D eigenvalue weighted by atomic mass is 16.5. The topological polar surface area (TPSA) is 58.2 Å². The van der Waals surface area contributed by atoms with Crippen molar-refractivity contribution in [1.29, 1.82) is 0 Å². The van der Waals surface area contributed by atoms with Gasteiger partial charge in [0.25, 0.3) is 0 Å². The molecule has 18 heavy (non-hydrogen) atoms. The second kappa shape index (κ2) is 5.75. The summed E-state index contributed by atoms with van der Waals surface area (Å²) in [7, 11) is 0. The Morgan fingerprint density at radius 2 is 2.39 bits per heavy atom. The number of ether oxygens (including phenoxy) is 1. The van der Waals surface area contributed by atoms with Crippen molar-refractivity contribution >= 4 is 0 Å². The summed E-state index contributed by atoms with van der Waals surface area (Å²) < 4.78 is 5.38. The van der Waals surface area contributed by atoms with E-state index in [-0.39, 0.29) is 0 Å². The van der Waals surface area contributed by atoms with Crippen LogP contribution in [0.2, 0.25) is 0 Å². The summed E-state index contributed by atoms with van der Waals surface area (Å²) in [5.74, 6) is 0.667. The van der Waals surface area contributed by atoms with E-state index in [1.165, 1.54) is 6.42 Å². The lowest BCUT2D eigenvalue weighted by molar-refractivity contribution is 0.184. The maximum absolute atomic E-state index is 5.38. The van der Waals surface area contributed by atoms with Gasteiger partial charge in [0.15, 0.2) is 0 Å². The molecule has 0 radical (unpaired) electrons. The van der Waals surface area contributed by atoms with Gasteiger partial charge in [-0.2, -0.15) is 0 Å². The lowest BCUT2D eigenvalue weighted by atomic mass is 10.1. The maximum Gasteiger partial charge on any atom is 0.0723 e. The molecule has 2 fully saturated rings. The lowest BCUT2D eigenvalue weighted by Crippen LogP contribution is -2.43. The highest BCUT2D eigenvalue weighted by Crippen LogP contribution is 2.19. The van der Waals surface area contributed by atoms with E-state index >= 15 is 0 Å². The van der Waals surface area contributed by atoms with E-state index in [0.717, 1.165) is 31.9 Å². The normalized spacial score (nSPS) is 31.9. The van der Waals surface area contributed by atoms with Crippen molar-refractivity contribution in [2.75, 3.05) is 19.8 Å². The van der Waals surface area contributed by atoms with E-state index in [4.69, 9.17) is 4.74 Å². The van der Waals surface area contributed by atoms with Crippen LogP contribution in [0.25, 0.3) is 0 Å². The molecule has 1 aromatic heterocycles. The fourth-order valence-electron chi connectivity index (χ4n) is 2.52. The number of hydrogen-bond donors (Lipinski definition) is 3. The molecular weight excluding hydrogens is 228 g/mol. The third-order valence-corrected chi connectivity index (χ3v) is 3.62. The van der Waals surface area contributed by atoms with Crippen molar-refractivity contribution in [2.24, 2.45) is 5.92 Å². The molecule has 3 rings (SSSR count). The van der Waals surface area contributed by atoms with Gasteiger partial charge in [0, 0.05) is 19.3 Å². The molecule has 3 unspecified atom stereocenters. The van der Waals surface area contributed by atoms with Gasteiger partial charge < -0.3 is 10.1 Å². The first kappa shape index (κ1) is 12.0. The van der Waals surface area contributed by atoms with Crippen LogP contribution in [0.3, 0.4) is 0 Å². The fraction of sp³-hybridized carbons (Fsp3) is 0.615. The molecule has 0 amide bonds. The average molecular weight is 248 g/mol. The van der Waals surface area contributed by atoms with Gasteiger partial charge in [-0.3, -0.25) is 4.98 Å². The molecule has 0 aliphatic carbocycles. The largest absolute Gasteiger partial charge is 0.381 e. The smallest absolute Gasteiger partial charge is 0.0723 e. The SMILES string of the molecule is c1ccc(C2CC(NCC3CCOC3)NN2)nc1. The van der Waals surface area contributed by atoms with Gasteiger partial charge in [0.05, 0.1) is 24.5 Å². The Morgan fingerprint density at radius 3 is 3.17 bits per heavy atom. The van der Waals surface area contributed by atoms with E-state index in [1.807, 2.05) is 18.3 Å². The third kappa shape index (κ3) is 2.87. The number of aromatic nitrogens is 1. The van der Waals surface area contributed by atoms with E-state index in [9.17, 15) is 0 Å². The monoisotopic (exact) mass is 248 g/mol. The molecule has 5 nitrogen and oxygen atoms in total. The Hall–Kier alpha value is -1.01. The number of pyridine rings is 1. The summed E-state index contributed by atoms with van der Waals surface area (Å²) >= 11 is 0. The molecule has 1 aromatic rings. The average Bonchev–Trinajstić information content (AvgIpc) is 3.09. The second-order valence-corrected chi connectivity index (χ2v) is 5.02. The standard InChI is InChI=1S/C13H20N4O/c1-2-5-14-11(3-1)12-7-13(17-16-12)15-8-10-4-6-18-9-10/h1-3,5,10,12-13,15-17H,4,6-9H2. The Balaban J connectivity index is 1.46. The van der Waals surface area contributed by atoms with Gasteiger partial charge in [0.1, 0.15) is 0 Å². The number of hydrazine groups is 1. The summed E-state index contributed by atoms with van der Waals surface area (Å²) in [4.78, 5) is 4.38. The van der Waals surface area contributed by atoms with Crippen molar-refractivity contribution in [2.45, 2.75) is 25.0 Å². The molecule has 2 saturated heterocycles. The van der Waals surface area contributed by atoms with Crippen LogP contribution >= 0.6 is 0 Å². The van der Waals surface area contributed by atoms with Crippen molar-refractivity contribution < 1.29 is 4.74 Å². The number of nitrogens with zero attached hydrogens (tertiary/aromatic N) is 1. The first-order valence-corrected chi connectivity index (χ1v) is 6.65. The number of nitrogens with one attached hydrogen (secondary N) is 3. The molecule has 0 saturated carbocycles. The first-order chi connectivity index (χ1) is 8.92. The summed E-state index contributed by atoms with van der Waals surface area (Å²) in [6, 6.07) is 6.33. The fourth-order valence-corrected chi connectivity index (χ4v) is 2.52. The highest BCUT2D eigenvalue weighted by Gasteiger charge is 2.26. The predicted molar refractivity (Wildman–Crippen MR) is 68.6 cm³/mol. The third-order valence-electron chi connectivity index (χ3n) is 3.62. The van der Waals surface area contributed by atoms with Crippen LogP contribution in [0.15, 0.2) is 24.4 Å². The van der Waals surface area contributed by atoms with Crippen molar-refractivity contribution in [3.05, 3.63) is 30.1 Å². The Morgan fingerprint density at radius 1 is 1.39 bits per heavy atom. The van der Waals surface area contributed by atoms with Gasteiger partial charge in [-0.15, -0.1) is 0 Å². The minimum Gasteiger partial charge on any atom is -0.381 e. The maximum atomic E-state index is 5.38. The zero-order valence-corrected chi connectivity index (χ0v) is 10.4. The van der Waals surface area contributed by atoms with Gasteiger partial charge in [-0.1, -0.05) is 6.07 Å². The predicted octanol–water partition coefficient (Wildman–Crippen LogP) is 0.573. The first-order valence-electron chi connectivity index (χ1n) is 6.65. The Kier molecular flexibility index (Phi) is 3.85. The molecule has 3 atom stereocenters. The Bertz CT molecular complexity index is 367. The number of rotatable bonds is 4. The van der Waals surface area contributed by atoms with E-state index in [2.05, 4.69) is 27.2 Å². The van der Waals surface area contributed by atoms with Gasteiger partial charge in [-0.05, 0) is 30.9 Å². The van der Waals surface area contributed by atoms with Crippen LogP contribution in [-0.2, 0) is 4.74 Å².